The van der Waals surface area contributed by atoms with Gasteiger partial charge in [0.2, 0.25) is 5.43 Å². The summed E-state index contributed by atoms with van der Waals surface area (Å²) in [5, 5.41) is 20.4. The van der Waals surface area contributed by atoms with Crippen LogP contribution in [0.15, 0.2) is 53.5 Å². The van der Waals surface area contributed by atoms with E-state index in [2.05, 4.69) is 22.6 Å². The van der Waals surface area contributed by atoms with Gasteiger partial charge in [-0.15, -0.1) is 0 Å². The maximum absolute atomic E-state index is 16.2. The van der Waals surface area contributed by atoms with Gasteiger partial charge in [0.25, 0.3) is 5.91 Å². The van der Waals surface area contributed by atoms with Gasteiger partial charge in [-0.25, -0.2) is 4.39 Å². The maximum atomic E-state index is 16.2. The molecule has 9 nitrogen and oxygen atoms in total. The first-order valence-corrected chi connectivity index (χ1v) is 15.9. The molecular formula is C35H38FN5O4. The van der Waals surface area contributed by atoms with Crippen LogP contribution in [0.5, 0.6) is 11.5 Å². The van der Waals surface area contributed by atoms with E-state index in [-0.39, 0.29) is 39.5 Å². The summed E-state index contributed by atoms with van der Waals surface area (Å²) in [5.74, 6) is -0.373. The number of nitrogens with zero attached hydrogens (tertiary/aromatic N) is 3. The number of nitrogens with one attached hydrogen (secondary N) is 2. The van der Waals surface area contributed by atoms with Gasteiger partial charge in [-0.3, -0.25) is 9.59 Å². The Hall–Kier alpha value is -3.99. The standard InChI is InChI=1S/C35H38FN5O4/c1-34-16-22(17-35(2,19-34)41(34)44)38-29-26(36)15-24-30-32(29)45-28-14-21-8-5-4-7-20(21)13-27(28)40(30)18-25(31(24)42)33(43)37-11-10-23-9-6-12-39(23)3/h4-5,7-8,13-15,18,22-23,38,44H,6,9-12,16-17,19H2,1-3H3,(H,37,43). The molecule has 9 rings (SSSR count). The zero-order valence-electron chi connectivity index (χ0n) is 25.8. The molecule has 5 heterocycles. The van der Waals surface area contributed by atoms with Crippen molar-refractivity contribution in [1.82, 2.24) is 19.8 Å². The number of fused-ring (bicyclic) bond motifs is 5. The summed E-state index contributed by atoms with van der Waals surface area (Å²) >= 11 is 0. The third-order valence-corrected chi connectivity index (χ3v) is 10.7. The lowest BCUT2D eigenvalue weighted by Gasteiger charge is -2.65. The van der Waals surface area contributed by atoms with Crippen LogP contribution in [0.2, 0.25) is 0 Å². The Bertz CT molecular complexity index is 1940. The van der Waals surface area contributed by atoms with Crippen molar-refractivity contribution in [3.8, 4) is 17.2 Å². The molecule has 0 spiro atoms. The summed E-state index contributed by atoms with van der Waals surface area (Å²) < 4.78 is 24.4. The Kier molecular flexibility index (Phi) is 6.33. The largest absolute Gasteiger partial charge is 0.451 e. The highest BCUT2D eigenvalue weighted by Gasteiger charge is 2.61. The minimum absolute atomic E-state index is 0.0365. The highest BCUT2D eigenvalue weighted by molar-refractivity contribution is 6.02. The van der Waals surface area contributed by atoms with Crippen LogP contribution in [-0.4, -0.2) is 68.9 Å². The Morgan fingerprint density at radius 2 is 1.87 bits per heavy atom. The normalized spacial score (nSPS) is 27.2. The average Bonchev–Trinajstić information content (AvgIpc) is 3.42. The van der Waals surface area contributed by atoms with E-state index in [1.54, 1.807) is 10.8 Å². The lowest BCUT2D eigenvalue weighted by molar-refractivity contribution is -0.331. The molecule has 45 heavy (non-hydrogen) atoms. The van der Waals surface area contributed by atoms with Gasteiger partial charge in [-0.1, -0.05) is 24.3 Å². The molecule has 4 aromatic rings. The smallest absolute Gasteiger partial charge is 0.256 e. The van der Waals surface area contributed by atoms with E-state index in [1.807, 2.05) is 50.2 Å². The van der Waals surface area contributed by atoms with Gasteiger partial charge in [-0.2, -0.15) is 5.06 Å². The van der Waals surface area contributed by atoms with E-state index in [1.165, 1.54) is 11.1 Å². The number of aromatic nitrogens is 1. The molecule has 0 radical (unpaired) electrons. The lowest BCUT2D eigenvalue weighted by atomic mass is 9.61. The molecule has 3 saturated heterocycles. The molecule has 1 amide bonds. The van der Waals surface area contributed by atoms with Crippen LogP contribution in [0.3, 0.4) is 0 Å². The Labute approximate surface area is 260 Å². The predicted octanol–water partition coefficient (Wildman–Crippen LogP) is 5.79. The second kappa shape index (κ2) is 10.0. The molecule has 3 unspecified atom stereocenters. The molecule has 3 atom stereocenters. The Balaban J connectivity index is 1.23. The lowest BCUT2D eigenvalue weighted by Crippen LogP contribution is -2.75. The number of pyridine rings is 1. The van der Waals surface area contributed by atoms with Crippen LogP contribution in [0.1, 0.15) is 62.7 Å². The number of carbonyl (C=O) groups is 1. The highest BCUT2D eigenvalue weighted by atomic mass is 19.1. The van der Waals surface area contributed by atoms with Crippen LogP contribution < -0.4 is 20.8 Å². The fourth-order valence-corrected chi connectivity index (χ4v) is 8.68. The summed E-state index contributed by atoms with van der Waals surface area (Å²) in [6.07, 6.45) is 6.72. The SMILES string of the molecule is CN1CCCC1CCNC(=O)c1cn2c3c(c(NC4CC5(C)CC(C)(C4)N5O)c(F)cc3c1=O)Oc1cc3ccccc3cc1-2. The van der Waals surface area contributed by atoms with Crippen molar-refractivity contribution in [2.75, 3.05) is 25.5 Å². The second-order valence-electron chi connectivity index (χ2n) is 14.0. The number of hydrogen-bond acceptors (Lipinski definition) is 7. The fourth-order valence-electron chi connectivity index (χ4n) is 8.68. The number of hydrogen-bond donors (Lipinski definition) is 3. The summed E-state index contributed by atoms with van der Waals surface area (Å²) in [7, 11) is 2.09. The number of anilines is 1. The van der Waals surface area contributed by atoms with Crippen molar-refractivity contribution in [3.05, 3.63) is 70.3 Å². The van der Waals surface area contributed by atoms with Crippen molar-refractivity contribution in [1.29, 1.82) is 0 Å². The predicted molar refractivity (Wildman–Crippen MR) is 171 cm³/mol. The first-order valence-electron chi connectivity index (χ1n) is 15.9. The molecular weight excluding hydrogens is 573 g/mol. The molecule has 3 aromatic carbocycles. The number of amides is 1. The molecule has 234 valence electrons. The molecule has 4 aliphatic heterocycles. The van der Waals surface area contributed by atoms with E-state index < -0.39 is 17.2 Å². The third-order valence-electron chi connectivity index (χ3n) is 10.7. The summed E-state index contributed by atoms with van der Waals surface area (Å²) in [6.45, 7) is 5.52. The molecule has 1 aromatic heterocycles. The quantitative estimate of drug-likeness (QED) is 0.224. The van der Waals surface area contributed by atoms with Crippen LogP contribution >= 0.6 is 0 Å². The minimum atomic E-state index is -0.623. The summed E-state index contributed by atoms with van der Waals surface area (Å²) in [6, 6.07) is 13.3. The van der Waals surface area contributed by atoms with Crippen LogP contribution in [0, 0.1) is 5.82 Å². The number of carbonyl (C=O) groups excluding carboxylic acids is 1. The van der Waals surface area contributed by atoms with Gasteiger partial charge in [0.05, 0.1) is 11.1 Å². The summed E-state index contributed by atoms with van der Waals surface area (Å²) in [4.78, 5) is 29.7. The first kappa shape index (κ1) is 28.5. The van der Waals surface area contributed by atoms with E-state index in [9.17, 15) is 14.8 Å². The van der Waals surface area contributed by atoms with E-state index in [4.69, 9.17) is 4.74 Å². The van der Waals surface area contributed by atoms with Gasteiger partial charge < -0.3 is 30.0 Å². The Morgan fingerprint density at radius 1 is 1.13 bits per heavy atom. The van der Waals surface area contributed by atoms with Gasteiger partial charge in [-0.05, 0) is 94.9 Å². The summed E-state index contributed by atoms with van der Waals surface area (Å²) in [5.41, 5.74) is -0.0940. The number of benzene rings is 3. The highest BCUT2D eigenvalue weighted by Crippen LogP contribution is 2.54. The van der Waals surface area contributed by atoms with Gasteiger partial charge in [0.15, 0.2) is 17.3 Å². The third kappa shape index (κ3) is 4.37. The number of hydroxylamine groups is 2. The number of rotatable bonds is 6. The van der Waals surface area contributed by atoms with Crippen molar-refractivity contribution in [2.45, 2.75) is 75.5 Å². The average molecular weight is 612 g/mol. The minimum Gasteiger partial charge on any atom is -0.451 e. The zero-order valence-corrected chi connectivity index (χ0v) is 25.8. The maximum Gasteiger partial charge on any atom is 0.256 e. The zero-order chi connectivity index (χ0) is 31.2. The molecule has 3 N–H and O–H groups in total. The van der Waals surface area contributed by atoms with E-state index >= 15 is 4.39 Å². The number of likely N-dealkylation sites (tertiary alicyclic amines) is 1. The van der Waals surface area contributed by atoms with Crippen molar-refractivity contribution in [3.63, 3.8) is 0 Å². The van der Waals surface area contributed by atoms with E-state index in [0.717, 1.165) is 43.0 Å². The molecule has 1 aliphatic carbocycles. The van der Waals surface area contributed by atoms with Gasteiger partial charge in [0.1, 0.15) is 16.8 Å². The number of ether oxygens (including phenoxy) is 1. The van der Waals surface area contributed by atoms with E-state index in [0.29, 0.717) is 42.4 Å². The number of piperidine rings is 1. The first-order chi connectivity index (χ1) is 21.5. The monoisotopic (exact) mass is 611 g/mol. The number of halogens is 1. The Morgan fingerprint density at radius 3 is 2.56 bits per heavy atom. The van der Waals surface area contributed by atoms with Crippen LogP contribution in [0.4, 0.5) is 10.1 Å². The van der Waals surface area contributed by atoms with Gasteiger partial charge >= 0.3 is 0 Å². The molecule has 1 saturated carbocycles. The van der Waals surface area contributed by atoms with Crippen LogP contribution in [0.25, 0.3) is 27.4 Å². The fraction of sp³-hybridized carbons (Fsp3) is 0.429. The van der Waals surface area contributed by atoms with Gasteiger partial charge in [0, 0.05) is 35.9 Å². The molecule has 2 bridgehead atoms. The van der Waals surface area contributed by atoms with Crippen molar-refractivity contribution >= 4 is 33.3 Å². The van der Waals surface area contributed by atoms with Crippen LogP contribution in [-0.2, 0) is 0 Å². The molecule has 4 fully saturated rings. The second-order valence-corrected chi connectivity index (χ2v) is 14.0. The molecule has 10 heteroatoms. The van der Waals surface area contributed by atoms with Crippen molar-refractivity contribution in [2.24, 2.45) is 0 Å². The molecule has 5 aliphatic rings. The van der Waals surface area contributed by atoms with Crippen molar-refractivity contribution < 1.29 is 19.1 Å². The topological polar surface area (TPSA) is 99.1 Å².